The molecule has 0 saturated carbocycles. The van der Waals surface area contributed by atoms with Crippen LogP contribution in [-0.4, -0.2) is 43.6 Å². The smallest absolute Gasteiger partial charge is 0.317 e. The van der Waals surface area contributed by atoms with Gasteiger partial charge in [-0.2, -0.15) is 0 Å². The van der Waals surface area contributed by atoms with E-state index in [4.69, 9.17) is 5.11 Å². The standard InChI is InChI=1S/C7H13NO4S/c9-7(10)5-8-4-6-2-1-3-13(6,11)12/h6,8H,1-5H2,(H,9,10). The maximum Gasteiger partial charge on any atom is 0.317 e. The summed E-state index contributed by atoms with van der Waals surface area (Å²) in [6.07, 6.45) is 1.34. The molecule has 1 atom stereocenters. The SMILES string of the molecule is O=C(O)CNCC1CCCS1(=O)=O. The zero-order chi connectivity index (χ0) is 9.90. The summed E-state index contributed by atoms with van der Waals surface area (Å²) in [5.74, 6) is -0.720. The largest absolute Gasteiger partial charge is 0.480 e. The zero-order valence-corrected chi connectivity index (χ0v) is 8.01. The van der Waals surface area contributed by atoms with Gasteiger partial charge in [-0.05, 0) is 12.8 Å². The van der Waals surface area contributed by atoms with Crippen molar-refractivity contribution in [3.8, 4) is 0 Å². The van der Waals surface area contributed by atoms with Gasteiger partial charge in [0.05, 0.1) is 17.5 Å². The molecule has 0 aromatic heterocycles. The third kappa shape index (κ3) is 2.96. The molecule has 0 radical (unpaired) electrons. The fourth-order valence-corrected chi connectivity index (χ4v) is 3.23. The number of rotatable bonds is 4. The molecular weight excluding hydrogens is 194 g/mol. The van der Waals surface area contributed by atoms with Gasteiger partial charge in [0.15, 0.2) is 9.84 Å². The molecular formula is C7H13NO4S. The summed E-state index contributed by atoms with van der Waals surface area (Å²) >= 11 is 0. The first-order chi connectivity index (χ1) is 6.02. The molecule has 0 aromatic rings. The first-order valence-electron chi connectivity index (χ1n) is 4.16. The van der Waals surface area contributed by atoms with Crippen LogP contribution < -0.4 is 5.32 Å². The predicted octanol–water partition coefficient (Wildman–Crippen LogP) is -0.762. The van der Waals surface area contributed by atoms with Crippen LogP contribution in [0, 0.1) is 0 Å². The second-order valence-corrected chi connectivity index (χ2v) is 5.56. The summed E-state index contributed by atoms with van der Waals surface area (Å²) in [5.41, 5.74) is 0. The molecule has 5 nitrogen and oxygen atoms in total. The normalized spacial score (nSPS) is 26.0. The highest BCUT2D eigenvalue weighted by molar-refractivity contribution is 7.92. The number of carboxylic acid groups (broad SMARTS) is 1. The van der Waals surface area contributed by atoms with E-state index in [1.807, 2.05) is 0 Å². The number of hydrogen-bond acceptors (Lipinski definition) is 4. The van der Waals surface area contributed by atoms with Crippen LogP contribution >= 0.6 is 0 Å². The second-order valence-electron chi connectivity index (χ2n) is 3.16. The van der Waals surface area contributed by atoms with Gasteiger partial charge < -0.3 is 10.4 Å². The molecule has 1 rings (SSSR count). The van der Waals surface area contributed by atoms with Crippen molar-refractivity contribution >= 4 is 15.8 Å². The number of sulfone groups is 1. The Morgan fingerprint density at radius 1 is 1.54 bits per heavy atom. The number of carboxylic acids is 1. The third-order valence-corrected chi connectivity index (χ3v) is 4.39. The molecule has 76 valence electrons. The van der Waals surface area contributed by atoms with Crippen molar-refractivity contribution in [1.29, 1.82) is 0 Å². The highest BCUT2D eigenvalue weighted by atomic mass is 32.2. The molecule has 1 heterocycles. The number of hydrogen-bond donors (Lipinski definition) is 2. The van der Waals surface area contributed by atoms with Crippen LogP contribution in [0.5, 0.6) is 0 Å². The van der Waals surface area contributed by atoms with Crippen LogP contribution in [0.1, 0.15) is 12.8 Å². The van der Waals surface area contributed by atoms with E-state index >= 15 is 0 Å². The summed E-state index contributed by atoms with van der Waals surface area (Å²) in [6, 6.07) is 0. The van der Waals surface area contributed by atoms with Gasteiger partial charge >= 0.3 is 5.97 Å². The molecule has 0 spiro atoms. The van der Waals surface area contributed by atoms with Gasteiger partial charge in [0.1, 0.15) is 0 Å². The molecule has 2 N–H and O–H groups in total. The number of aliphatic carboxylic acids is 1. The van der Waals surface area contributed by atoms with Gasteiger partial charge in [-0.15, -0.1) is 0 Å². The van der Waals surface area contributed by atoms with Crippen molar-refractivity contribution in [2.24, 2.45) is 0 Å². The van der Waals surface area contributed by atoms with Crippen LogP contribution in [0.3, 0.4) is 0 Å². The average molecular weight is 207 g/mol. The lowest BCUT2D eigenvalue weighted by atomic mass is 10.2. The number of nitrogens with one attached hydrogen (secondary N) is 1. The van der Waals surface area contributed by atoms with Gasteiger partial charge in [-0.1, -0.05) is 0 Å². The monoisotopic (exact) mass is 207 g/mol. The quantitative estimate of drug-likeness (QED) is 0.633. The molecule has 0 aromatic carbocycles. The second kappa shape index (κ2) is 4.06. The predicted molar refractivity (Wildman–Crippen MR) is 47.3 cm³/mol. The Balaban J connectivity index is 2.33. The van der Waals surface area contributed by atoms with E-state index in [1.165, 1.54) is 0 Å². The molecule has 0 bridgehead atoms. The molecule has 1 aliphatic rings. The summed E-state index contributed by atoms with van der Waals surface area (Å²) in [7, 11) is -2.94. The summed E-state index contributed by atoms with van der Waals surface area (Å²) < 4.78 is 22.5. The van der Waals surface area contributed by atoms with Gasteiger partial charge in [-0.25, -0.2) is 8.42 Å². The lowest BCUT2D eigenvalue weighted by Crippen LogP contribution is -2.33. The zero-order valence-electron chi connectivity index (χ0n) is 7.19. The van der Waals surface area contributed by atoms with Gasteiger partial charge in [0, 0.05) is 6.54 Å². The maximum atomic E-state index is 11.3. The topological polar surface area (TPSA) is 83.5 Å². The Morgan fingerprint density at radius 2 is 2.23 bits per heavy atom. The van der Waals surface area contributed by atoms with E-state index in [1.54, 1.807) is 0 Å². The minimum atomic E-state index is -2.94. The van der Waals surface area contributed by atoms with E-state index in [2.05, 4.69) is 5.32 Å². The molecule has 1 saturated heterocycles. The molecule has 0 aliphatic carbocycles. The fourth-order valence-electron chi connectivity index (χ4n) is 1.43. The highest BCUT2D eigenvalue weighted by Gasteiger charge is 2.30. The van der Waals surface area contributed by atoms with Gasteiger partial charge in [0.25, 0.3) is 0 Å². The summed E-state index contributed by atoms with van der Waals surface area (Å²) in [5, 5.41) is 10.5. The Labute approximate surface area is 77.1 Å². The van der Waals surface area contributed by atoms with E-state index in [-0.39, 0.29) is 24.1 Å². The van der Waals surface area contributed by atoms with E-state index in [9.17, 15) is 13.2 Å². The Bertz CT molecular complexity index is 285. The van der Waals surface area contributed by atoms with E-state index < -0.39 is 15.8 Å². The van der Waals surface area contributed by atoms with Crippen LogP contribution in [0.2, 0.25) is 0 Å². The van der Waals surface area contributed by atoms with Gasteiger partial charge in [-0.3, -0.25) is 4.79 Å². The van der Waals surface area contributed by atoms with Crippen molar-refractivity contribution in [3.05, 3.63) is 0 Å². The first-order valence-corrected chi connectivity index (χ1v) is 5.88. The van der Waals surface area contributed by atoms with Crippen LogP contribution in [0.15, 0.2) is 0 Å². The molecule has 1 unspecified atom stereocenters. The van der Waals surface area contributed by atoms with Crippen LogP contribution in [0.4, 0.5) is 0 Å². The summed E-state index contributed by atoms with van der Waals surface area (Å²) in [4.78, 5) is 10.1. The van der Waals surface area contributed by atoms with Crippen molar-refractivity contribution in [2.75, 3.05) is 18.8 Å². The average Bonchev–Trinajstić information content (AvgIpc) is 2.30. The van der Waals surface area contributed by atoms with Crippen molar-refractivity contribution < 1.29 is 18.3 Å². The lowest BCUT2D eigenvalue weighted by Gasteiger charge is -2.08. The number of carbonyl (C=O) groups is 1. The van der Waals surface area contributed by atoms with Crippen molar-refractivity contribution in [2.45, 2.75) is 18.1 Å². The fraction of sp³-hybridized carbons (Fsp3) is 0.857. The minimum absolute atomic E-state index is 0.175. The molecule has 0 amide bonds. The van der Waals surface area contributed by atoms with E-state index in [0.717, 1.165) is 0 Å². The highest BCUT2D eigenvalue weighted by Crippen LogP contribution is 2.18. The van der Waals surface area contributed by atoms with Gasteiger partial charge in [0.2, 0.25) is 0 Å². The van der Waals surface area contributed by atoms with Crippen molar-refractivity contribution in [3.63, 3.8) is 0 Å². The molecule has 6 heteroatoms. The Kier molecular flexibility index (Phi) is 3.27. The maximum absolute atomic E-state index is 11.3. The Morgan fingerprint density at radius 3 is 2.69 bits per heavy atom. The van der Waals surface area contributed by atoms with E-state index in [0.29, 0.717) is 12.8 Å². The van der Waals surface area contributed by atoms with Crippen molar-refractivity contribution in [1.82, 2.24) is 5.32 Å². The molecule has 1 fully saturated rings. The van der Waals surface area contributed by atoms with Crippen LogP contribution in [-0.2, 0) is 14.6 Å². The third-order valence-electron chi connectivity index (χ3n) is 2.11. The summed E-state index contributed by atoms with van der Waals surface area (Å²) in [6.45, 7) is 0.0840. The lowest BCUT2D eigenvalue weighted by molar-refractivity contribution is -0.135. The van der Waals surface area contributed by atoms with Crippen LogP contribution in [0.25, 0.3) is 0 Å². The first kappa shape index (κ1) is 10.5. The Hall–Kier alpha value is -0.620. The molecule has 13 heavy (non-hydrogen) atoms. The molecule has 1 aliphatic heterocycles. The minimum Gasteiger partial charge on any atom is -0.480 e.